The normalized spacial score (nSPS) is 11.6. The number of rotatable bonds is 3. The average molecular weight is 342 g/mol. The highest BCUT2D eigenvalue weighted by atomic mass is 32.1. The third-order valence-electron chi connectivity index (χ3n) is 4.08. The van der Waals surface area contributed by atoms with Crippen LogP contribution in [0.25, 0.3) is 32.6 Å². The molecule has 1 aromatic heterocycles. The molecule has 0 radical (unpaired) electrons. The van der Waals surface area contributed by atoms with Gasteiger partial charge in [-0.3, -0.25) is 0 Å². The van der Waals surface area contributed by atoms with Gasteiger partial charge in [-0.1, -0.05) is 42.5 Å². The first kappa shape index (κ1) is 15.4. The van der Waals surface area contributed by atoms with E-state index in [1.807, 2.05) is 66.7 Å². The van der Waals surface area contributed by atoms with Gasteiger partial charge in [-0.2, -0.15) is 5.26 Å². The topological polar surface area (TPSA) is 45.9 Å². The number of fused-ring (bicyclic) bond motifs is 2. The number of hydrogen-bond acceptors (Lipinski definition) is 4. The lowest BCUT2D eigenvalue weighted by Gasteiger charge is -2.08. The fourth-order valence-corrected chi connectivity index (χ4v) is 3.82. The summed E-state index contributed by atoms with van der Waals surface area (Å²) in [6.07, 6.45) is 1.90. The first-order valence-corrected chi connectivity index (χ1v) is 8.65. The highest BCUT2D eigenvalue weighted by molar-refractivity contribution is 7.19. The summed E-state index contributed by atoms with van der Waals surface area (Å²) >= 11 is 1.54. The van der Waals surface area contributed by atoms with Crippen molar-refractivity contribution in [1.82, 2.24) is 4.98 Å². The van der Waals surface area contributed by atoms with Gasteiger partial charge in [-0.15, -0.1) is 11.3 Å². The number of ether oxygens (including phenoxy) is 1. The molecular formula is C21H14N2OS. The smallest absolute Gasteiger partial charge is 0.135 e. The van der Waals surface area contributed by atoms with Crippen LogP contribution in [0.1, 0.15) is 10.6 Å². The quantitative estimate of drug-likeness (QED) is 0.460. The number of thiazole rings is 1. The summed E-state index contributed by atoms with van der Waals surface area (Å²) < 4.78 is 6.52. The highest BCUT2D eigenvalue weighted by Gasteiger charge is 2.10. The van der Waals surface area contributed by atoms with Gasteiger partial charge in [0, 0.05) is 5.39 Å². The second-order valence-electron chi connectivity index (χ2n) is 5.56. The van der Waals surface area contributed by atoms with Gasteiger partial charge < -0.3 is 4.74 Å². The molecule has 0 atom stereocenters. The maximum absolute atomic E-state index is 9.66. The van der Waals surface area contributed by atoms with E-state index in [9.17, 15) is 5.26 Å². The van der Waals surface area contributed by atoms with Crippen molar-refractivity contribution >= 4 is 44.0 Å². The third kappa shape index (κ3) is 2.75. The Bertz CT molecular complexity index is 1120. The molecule has 3 aromatic carbocycles. The lowest BCUT2D eigenvalue weighted by Crippen LogP contribution is -1.87. The van der Waals surface area contributed by atoms with E-state index < -0.39 is 0 Å². The maximum atomic E-state index is 9.66. The van der Waals surface area contributed by atoms with Crippen LogP contribution in [-0.2, 0) is 0 Å². The Hall–Kier alpha value is -3.16. The van der Waals surface area contributed by atoms with E-state index >= 15 is 0 Å². The minimum Gasteiger partial charge on any atom is -0.496 e. The van der Waals surface area contributed by atoms with E-state index in [1.54, 1.807) is 7.11 Å². The van der Waals surface area contributed by atoms with Crippen molar-refractivity contribution in [3.63, 3.8) is 0 Å². The Labute approximate surface area is 149 Å². The van der Waals surface area contributed by atoms with Gasteiger partial charge in [0.1, 0.15) is 16.8 Å². The highest BCUT2D eigenvalue weighted by Crippen LogP contribution is 2.32. The molecule has 1 heterocycles. The van der Waals surface area contributed by atoms with E-state index in [0.29, 0.717) is 5.57 Å². The minimum atomic E-state index is 0.566. The number of para-hydroxylation sites is 1. The minimum absolute atomic E-state index is 0.566. The first-order chi connectivity index (χ1) is 12.3. The Balaban J connectivity index is 1.89. The van der Waals surface area contributed by atoms with Crippen LogP contribution < -0.4 is 4.74 Å². The summed E-state index contributed by atoms with van der Waals surface area (Å²) in [6, 6.07) is 22.2. The monoisotopic (exact) mass is 342 g/mol. The van der Waals surface area contributed by atoms with Gasteiger partial charge >= 0.3 is 0 Å². The van der Waals surface area contributed by atoms with Crippen LogP contribution in [0.15, 0.2) is 60.7 Å². The third-order valence-corrected chi connectivity index (χ3v) is 5.15. The fraction of sp³-hybridized carbons (Fsp3) is 0.0476. The fourth-order valence-electron chi connectivity index (χ4n) is 2.88. The summed E-state index contributed by atoms with van der Waals surface area (Å²) in [5, 5.41) is 12.5. The van der Waals surface area contributed by atoms with Gasteiger partial charge in [-0.25, -0.2) is 4.98 Å². The molecule has 4 rings (SSSR count). The summed E-state index contributed by atoms with van der Waals surface area (Å²) in [4.78, 5) is 4.60. The van der Waals surface area contributed by atoms with Crippen molar-refractivity contribution in [2.75, 3.05) is 7.11 Å². The van der Waals surface area contributed by atoms with Crippen molar-refractivity contribution in [1.29, 1.82) is 5.26 Å². The first-order valence-electron chi connectivity index (χ1n) is 7.83. The summed E-state index contributed by atoms with van der Waals surface area (Å²) in [6.45, 7) is 0. The largest absolute Gasteiger partial charge is 0.496 e. The van der Waals surface area contributed by atoms with E-state index in [0.717, 1.165) is 37.3 Å². The Morgan fingerprint density at radius 3 is 2.56 bits per heavy atom. The summed E-state index contributed by atoms with van der Waals surface area (Å²) in [5.41, 5.74) is 2.46. The average Bonchev–Trinajstić information content (AvgIpc) is 3.10. The van der Waals surface area contributed by atoms with Crippen LogP contribution in [0.3, 0.4) is 0 Å². The van der Waals surface area contributed by atoms with Crippen molar-refractivity contribution in [3.8, 4) is 11.8 Å². The van der Waals surface area contributed by atoms with Crippen molar-refractivity contribution in [3.05, 3.63) is 71.2 Å². The van der Waals surface area contributed by atoms with Crippen LogP contribution in [0.4, 0.5) is 0 Å². The molecule has 0 aliphatic carbocycles. The van der Waals surface area contributed by atoms with Crippen LogP contribution in [0, 0.1) is 11.3 Å². The second kappa shape index (κ2) is 6.39. The van der Waals surface area contributed by atoms with E-state index in [-0.39, 0.29) is 0 Å². The number of methoxy groups -OCH3 is 1. The van der Waals surface area contributed by atoms with E-state index in [1.165, 1.54) is 11.3 Å². The molecule has 0 aliphatic heterocycles. The lowest BCUT2D eigenvalue weighted by atomic mass is 10.0. The Kier molecular flexibility index (Phi) is 3.93. The molecular weight excluding hydrogens is 328 g/mol. The Morgan fingerprint density at radius 2 is 1.80 bits per heavy atom. The van der Waals surface area contributed by atoms with Gasteiger partial charge in [0.15, 0.2) is 0 Å². The van der Waals surface area contributed by atoms with Crippen molar-refractivity contribution < 1.29 is 4.74 Å². The van der Waals surface area contributed by atoms with Crippen LogP contribution in [-0.4, -0.2) is 12.1 Å². The molecule has 0 spiro atoms. The molecule has 4 aromatic rings. The zero-order chi connectivity index (χ0) is 17.2. The molecule has 0 amide bonds. The molecule has 3 nitrogen and oxygen atoms in total. The van der Waals surface area contributed by atoms with Crippen molar-refractivity contribution in [2.45, 2.75) is 0 Å². The zero-order valence-corrected chi connectivity index (χ0v) is 14.4. The molecule has 0 bridgehead atoms. The van der Waals surface area contributed by atoms with Gasteiger partial charge in [0.05, 0.1) is 22.9 Å². The molecule has 0 unspecified atom stereocenters. The second-order valence-corrected chi connectivity index (χ2v) is 6.59. The SMILES string of the molecule is COc1ccc(/C=C(\C#N)c2nc3ccccc3s2)c2ccccc12. The standard InChI is InChI=1S/C21H14N2OS/c1-24-19-11-10-14(16-6-2-3-7-17(16)19)12-15(13-22)21-23-18-8-4-5-9-20(18)25-21/h2-12H,1H3/b15-12+. The Morgan fingerprint density at radius 1 is 1.04 bits per heavy atom. The number of hydrogen-bond donors (Lipinski definition) is 0. The van der Waals surface area contributed by atoms with Crippen LogP contribution in [0.2, 0.25) is 0 Å². The summed E-state index contributed by atoms with van der Waals surface area (Å²) in [7, 11) is 1.67. The van der Waals surface area contributed by atoms with Crippen molar-refractivity contribution in [2.24, 2.45) is 0 Å². The maximum Gasteiger partial charge on any atom is 0.135 e. The number of aromatic nitrogens is 1. The number of benzene rings is 3. The predicted molar refractivity (Wildman–Crippen MR) is 104 cm³/mol. The number of nitriles is 1. The molecule has 0 fully saturated rings. The molecule has 4 heteroatoms. The van der Waals surface area contributed by atoms with E-state index in [4.69, 9.17) is 4.74 Å². The predicted octanol–water partition coefficient (Wildman–Crippen LogP) is 5.52. The molecule has 0 saturated heterocycles. The zero-order valence-electron chi connectivity index (χ0n) is 13.6. The van der Waals surface area contributed by atoms with Crippen LogP contribution >= 0.6 is 11.3 Å². The molecule has 0 saturated carbocycles. The van der Waals surface area contributed by atoms with Gasteiger partial charge in [-0.05, 0) is 35.2 Å². The van der Waals surface area contributed by atoms with Gasteiger partial charge in [0.25, 0.3) is 0 Å². The summed E-state index contributed by atoms with van der Waals surface area (Å²) in [5.74, 6) is 0.825. The molecule has 25 heavy (non-hydrogen) atoms. The van der Waals surface area contributed by atoms with Crippen LogP contribution in [0.5, 0.6) is 5.75 Å². The molecule has 0 aliphatic rings. The lowest BCUT2D eigenvalue weighted by molar-refractivity contribution is 0.420. The molecule has 0 N–H and O–H groups in total. The van der Waals surface area contributed by atoms with E-state index in [2.05, 4.69) is 11.1 Å². The number of allylic oxidation sites excluding steroid dienone is 1. The molecule has 120 valence electrons. The van der Waals surface area contributed by atoms with Gasteiger partial charge in [0.2, 0.25) is 0 Å². The number of nitrogens with zero attached hydrogens (tertiary/aromatic N) is 2.